The second kappa shape index (κ2) is 8.27. The Kier molecular flexibility index (Phi) is 5.18. The lowest BCUT2D eigenvalue weighted by Crippen LogP contribution is -2.20. The number of hydrogen-bond donors (Lipinski definition) is 1. The third-order valence-electron chi connectivity index (χ3n) is 5.79. The topological polar surface area (TPSA) is 46.6 Å². The van der Waals surface area contributed by atoms with E-state index in [0.717, 1.165) is 66.9 Å². The highest BCUT2D eigenvalue weighted by Gasteiger charge is 2.20. The molecule has 5 nitrogen and oxygen atoms in total. The average Bonchev–Trinajstić information content (AvgIpc) is 2.95. The number of hydrogen-bond acceptors (Lipinski definition) is 5. The number of fused-ring (bicyclic) bond motifs is 3. The minimum Gasteiger partial charge on any atom is -0.493 e. The molecule has 0 amide bonds. The van der Waals surface area contributed by atoms with E-state index in [0.29, 0.717) is 6.61 Å². The first-order valence-electron chi connectivity index (χ1n) is 10.8. The SMILES string of the molecule is CCN1Cc2ccc(OCCc3ccc4c(n3)NCCC4)cc2Oc2ccccc21. The molecule has 0 unspecified atom stereocenters. The van der Waals surface area contributed by atoms with Crippen molar-refractivity contribution in [3.63, 3.8) is 0 Å². The van der Waals surface area contributed by atoms with E-state index >= 15 is 0 Å². The zero-order valence-electron chi connectivity index (χ0n) is 17.4. The average molecular weight is 402 g/mol. The zero-order chi connectivity index (χ0) is 20.3. The summed E-state index contributed by atoms with van der Waals surface area (Å²) in [4.78, 5) is 7.08. The standard InChI is InChI=1S/C25H27N3O2/c1-2-28-17-19-10-12-21(16-24(19)30-23-8-4-3-7-22(23)28)29-15-13-20-11-9-18-6-5-14-26-25(18)27-20/h3-4,7-12,16H,2,5-6,13-15,17H2,1H3,(H,26,27). The summed E-state index contributed by atoms with van der Waals surface area (Å²) in [5.74, 6) is 3.62. The van der Waals surface area contributed by atoms with Gasteiger partial charge in [-0.05, 0) is 55.7 Å². The molecular formula is C25H27N3O2. The maximum atomic E-state index is 6.26. The van der Waals surface area contributed by atoms with Gasteiger partial charge in [-0.2, -0.15) is 0 Å². The molecule has 5 rings (SSSR count). The van der Waals surface area contributed by atoms with Crippen LogP contribution in [-0.2, 0) is 19.4 Å². The Morgan fingerprint density at radius 2 is 1.97 bits per heavy atom. The number of nitrogens with zero attached hydrogens (tertiary/aromatic N) is 2. The summed E-state index contributed by atoms with van der Waals surface area (Å²) in [6.07, 6.45) is 3.07. The van der Waals surface area contributed by atoms with Crippen molar-refractivity contribution in [2.24, 2.45) is 0 Å². The Labute approximate surface area is 177 Å². The Balaban J connectivity index is 1.28. The van der Waals surface area contributed by atoms with Gasteiger partial charge in [0.05, 0.1) is 12.3 Å². The highest BCUT2D eigenvalue weighted by atomic mass is 16.5. The van der Waals surface area contributed by atoms with Gasteiger partial charge in [-0.3, -0.25) is 0 Å². The maximum absolute atomic E-state index is 6.26. The van der Waals surface area contributed by atoms with E-state index in [2.05, 4.69) is 47.5 Å². The number of benzene rings is 2. The van der Waals surface area contributed by atoms with E-state index in [1.807, 2.05) is 24.3 Å². The van der Waals surface area contributed by atoms with Crippen LogP contribution in [0.2, 0.25) is 0 Å². The predicted octanol–water partition coefficient (Wildman–Crippen LogP) is 5.19. The Morgan fingerprint density at radius 3 is 2.90 bits per heavy atom. The first kappa shape index (κ1) is 18.8. The van der Waals surface area contributed by atoms with Crippen LogP contribution in [0.3, 0.4) is 0 Å². The highest BCUT2D eigenvalue weighted by Crippen LogP contribution is 2.40. The molecule has 0 spiro atoms. The first-order valence-corrected chi connectivity index (χ1v) is 10.8. The van der Waals surface area contributed by atoms with Crippen LogP contribution in [0, 0.1) is 0 Å². The lowest BCUT2D eigenvalue weighted by Gasteiger charge is -2.21. The maximum Gasteiger partial charge on any atom is 0.150 e. The fourth-order valence-electron chi connectivity index (χ4n) is 4.13. The van der Waals surface area contributed by atoms with Crippen molar-refractivity contribution in [1.29, 1.82) is 0 Å². The molecule has 0 bridgehead atoms. The molecule has 0 fully saturated rings. The van der Waals surface area contributed by atoms with Gasteiger partial charge in [0.2, 0.25) is 0 Å². The second-order valence-corrected chi connectivity index (χ2v) is 7.79. The summed E-state index contributed by atoms with van der Waals surface area (Å²) < 4.78 is 12.3. The molecule has 1 N–H and O–H groups in total. The summed E-state index contributed by atoms with van der Waals surface area (Å²) in [5, 5.41) is 3.40. The van der Waals surface area contributed by atoms with Crippen LogP contribution in [0.25, 0.3) is 0 Å². The van der Waals surface area contributed by atoms with Crippen molar-refractivity contribution in [2.45, 2.75) is 32.7 Å². The van der Waals surface area contributed by atoms with Crippen molar-refractivity contribution in [3.05, 3.63) is 71.4 Å². The van der Waals surface area contributed by atoms with Crippen LogP contribution in [0.15, 0.2) is 54.6 Å². The van der Waals surface area contributed by atoms with Gasteiger partial charge in [-0.1, -0.05) is 18.2 Å². The summed E-state index contributed by atoms with van der Waals surface area (Å²) in [6.45, 7) is 5.52. The zero-order valence-corrected chi connectivity index (χ0v) is 17.4. The van der Waals surface area contributed by atoms with E-state index in [4.69, 9.17) is 14.5 Å². The number of aryl methyl sites for hydroxylation is 1. The summed E-state index contributed by atoms with van der Waals surface area (Å²) in [5.41, 5.74) is 4.67. The van der Waals surface area contributed by atoms with Gasteiger partial charge in [0.1, 0.15) is 17.3 Å². The minimum atomic E-state index is 0.586. The molecule has 0 aliphatic carbocycles. The lowest BCUT2D eigenvalue weighted by molar-refractivity contribution is 0.319. The minimum absolute atomic E-state index is 0.586. The lowest BCUT2D eigenvalue weighted by atomic mass is 10.1. The van der Waals surface area contributed by atoms with Gasteiger partial charge < -0.3 is 19.7 Å². The number of rotatable bonds is 5. The van der Waals surface area contributed by atoms with Crippen LogP contribution in [0.5, 0.6) is 17.2 Å². The summed E-state index contributed by atoms with van der Waals surface area (Å²) in [7, 11) is 0. The number of nitrogens with one attached hydrogen (secondary N) is 1. The number of pyridine rings is 1. The molecule has 2 aromatic carbocycles. The van der Waals surface area contributed by atoms with Crippen LogP contribution in [0.4, 0.5) is 11.5 Å². The number of anilines is 2. The van der Waals surface area contributed by atoms with E-state index < -0.39 is 0 Å². The molecule has 0 saturated heterocycles. The predicted molar refractivity (Wildman–Crippen MR) is 120 cm³/mol. The van der Waals surface area contributed by atoms with Crippen molar-refractivity contribution >= 4 is 11.5 Å². The molecule has 1 aromatic heterocycles. The molecule has 3 heterocycles. The molecule has 154 valence electrons. The monoisotopic (exact) mass is 401 g/mol. The van der Waals surface area contributed by atoms with E-state index in [9.17, 15) is 0 Å². The first-order chi connectivity index (χ1) is 14.8. The van der Waals surface area contributed by atoms with E-state index in [1.165, 1.54) is 17.5 Å². The number of para-hydroxylation sites is 2. The molecule has 5 heteroatoms. The Hall–Kier alpha value is -3.21. The molecule has 30 heavy (non-hydrogen) atoms. The largest absolute Gasteiger partial charge is 0.493 e. The van der Waals surface area contributed by atoms with Gasteiger partial charge in [-0.15, -0.1) is 0 Å². The van der Waals surface area contributed by atoms with Crippen molar-refractivity contribution in [1.82, 2.24) is 4.98 Å². The second-order valence-electron chi connectivity index (χ2n) is 7.79. The van der Waals surface area contributed by atoms with Crippen molar-refractivity contribution < 1.29 is 9.47 Å². The quantitative estimate of drug-likeness (QED) is 0.637. The van der Waals surface area contributed by atoms with Gasteiger partial charge in [0.15, 0.2) is 5.75 Å². The Morgan fingerprint density at radius 1 is 1.07 bits per heavy atom. The fraction of sp³-hybridized carbons (Fsp3) is 0.320. The molecule has 0 radical (unpaired) electrons. The third-order valence-corrected chi connectivity index (χ3v) is 5.79. The van der Waals surface area contributed by atoms with Crippen LogP contribution < -0.4 is 19.7 Å². The summed E-state index contributed by atoms with van der Waals surface area (Å²) >= 11 is 0. The van der Waals surface area contributed by atoms with Crippen LogP contribution in [0.1, 0.15) is 30.2 Å². The molecule has 3 aromatic rings. The van der Waals surface area contributed by atoms with Gasteiger partial charge in [0.25, 0.3) is 0 Å². The van der Waals surface area contributed by atoms with E-state index in [-0.39, 0.29) is 0 Å². The normalized spacial score (nSPS) is 14.5. The Bertz CT molecular complexity index is 1050. The van der Waals surface area contributed by atoms with E-state index in [1.54, 1.807) is 0 Å². The fourth-order valence-corrected chi connectivity index (χ4v) is 4.13. The smallest absolute Gasteiger partial charge is 0.150 e. The van der Waals surface area contributed by atoms with Crippen molar-refractivity contribution in [2.75, 3.05) is 29.9 Å². The molecule has 0 atom stereocenters. The van der Waals surface area contributed by atoms with Crippen molar-refractivity contribution in [3.8, 4) is 17.2 Å². The number of ether oxygens (including phenoxy) is 2. The number of aromatic nitrogens is 1. The van der Waals surface area contributed by atoms with Gasteiger partial charge in [0, 0.05) is 43.4 Å². The van der Waals surface area contributed by atoms with Gasteiger partial charge >= 0.3 is 0 Å². The molecule has 0 saturated carbocycles. The highest BCUT2D eigenvalue weighted by molar-refractivity contribution is 5.63. The summed E-state index contributed by atoms with van der Waals surface area (Å²) in [6, 6.07) is 18.7. The van der Waals surface area contributed by atoms with Crippen LogP contribution in [-0.4, -0.2) is 24.7 Å². The van der Waals surface area contributed by atoms with Gasteiger partial charge in [-0.25, -0.2) is 4.98 Å². The molecular weight excluding hydrogens is 374 g/mol. The molecule has 2 aliphatic rings. The molecule has 2 aliphatic heterocycles. The van der Waals surface area contributed by atoms with Crippen LogP contribution >= 0.6 is 0 Å². The third kappa shape index (κ3) is 3.80.